The first-order chi connectivity index (χ1) is 14.9. The third-order valence-electron chi connectivity index (χ3n) is 7.52. The van der Waals surface area contributed by atoms with E-state index < -0.39 is 19.1 Å². The second-order valence-electron chi connectivity index (χ2n) is 11.7. The minimum atomic E-state index is -3.99. The van der Waals surface area contributed by atoms with Crippen LogP contribution in [0.4, 0.5) is 0 Å². The van der Waals surface area contributed by atoms with Crippen molar-refractivity contribution >= 4 is 25.3 Å². The number of halogens is 2. The van der Waals surface area contributed by atoms with Crippen molar-refractivity contribution in [2.75, 3.05) is 0 Å². The van der Waals surface area contributed by atoms with E-state index in [1.54, 1.807) is 11.1 Å². The van der Waals surface area contributed by atoms with Crippen molar-refractivity contribution in [3.05, 3.63) is 46.6 Å². The van der Waals surface area contributed by atoms with Crippen LogP contribution in [0.2, 0.25) is 21.5 Å². The maximum absolute atomic E-state index is 8.14. The van der Waals surface area contributed by atoms with Gasteiger partial charge in [0.1, 0.15) is 0 Å². The number of unbranched alkanes of at least 4 members (excludes halogenated alkanes) is 2. The SMILES string of the molecule is CCCCC1=CC(CC(C)C)=C[CH]1[Ti]([Cl])([Cl])([CH]1C=C(CC(C)C)C=C1CCCC)[SiH](C)C. The van der Waals surface area contributed by atoms with Crippen molar-refractivity contribution in [3.63, 3.8) is 0 Å². The Morgan fingerprint density at radius 3 is 1.44 bits per heavy atom. The van der Waals surface area contributed by atoms with Gasteiger partial charge in [0, 0.05) is 0 Å². The molecule has 0 amide bonds. The van der Waals surface area contributed by atoms with E-state index in [-0.39, 0.29) is 0 Å². The van der Waals surface area contributed by atoms with Gasteiger partial charge < -0.3 is 0 Å². The predicted octanol–water partition coefficient (Wildman–Crippen LogP) is 10.7. The molecule has 0 N–H and O–H groups in total. The summed E-state index contributed by atoms with van der Waals surface area (Å²) < 4.78 is 0.624. The predicted molar refractivity (Wildman–Crippen MR) is 148 cm³/mol. The van der Waals surface area contributed by atoms with Crippen molar-refractivity contribution in [2.24, 2.45) is 11.8 Å². The summed E-state index contributed by atoms with van der Waals surface area (Å²) in [6, 6.07) is 0. The molecule has 0 aromatic heterocycles. The Kier molecular flexibility index (Phi) is 10.7. The average molecular weight is 533 g/mol. The summed E-state index contributed by atoms with van der Waals surface area (Å²) in [4.78, 5) is 0. The molecule has 4 heteroatoms. The Morgan fingerprint density at radius 2 is 1.16 bits per heavy atom. The van der Waals surface area contributed by atoms with Gasteiger partial charge in [-0.25, -0.2) is 0 Å². The molecule has 0 radical (unpaired) electrons. The number of hydrogen-bond acceptors (Lipinski definition) is 0. The molecule has 2 atom stereocenters. The summed E-state index contributed by atoms with van der Waals surface area (Å²) in [6.45, 7) is 17.4. The van der Waals surface area contributed by atoms with Gasteiger partial charge >= 0.3 is 211 Å². The molecule has 0 aromatic rings. The molecule has 0 spiro atoms. The van der Waals surface area contributed by atoms with Gasteiger partial charge in [0.15, 0.2) is 0 Å². The standard InChI is InChI=1S/2C13H21.C2H7Si.2ClH.Ti/c2*1-4-5-6-12-7-8-13(10-12)9-11(2)3;1-3-2;;;/h2*7-8,10-11H,4-6,9H2,1-3H3;3H,1-2H3;2*1H;/q;;;;;+2/p-2. The Hall–Kier alpha value is 0.471. The van der Waals surface area contributed by atoms with E-state index in [0.29, 0.717) is 20.3 Å². The molecule has 32 heavy (non-hydrogen) atoms. The first-order valence-corrected chi connectivity index (χ1v) is 25.0. The normalized spacial score (nSPS) is 22.8. The number of hydrogen-bond donors (Lipinski definition) is 0. The van der Waals surface area contributed by atoms with Gasteiger partial charge in [-0.1, -0.05) is 0 Å². The van der Waals surface area contributed by atoms with E-state index >= 15 is 0 Å². The molecular formula is C28H49Cl2SiTi. The zero-order valence-electron chi connectivity index (χ0n) is 22.1. The van der Waals surface area contributed by atoms with Gasteiger partial charge in [-0.15, -0.1) is 0 Å². The Balaban J connectivity index is 2.59. The summed E-state index contributed by atoms with van der Waals surface area (Å²) >= 11 is -3.99. The second kappa shape index (κ2) is 11.9. The van der Waals surface area contributed by atoms with Gasteiger partial charge in [0.2, 0.25) is 0 Å². The zero-order valence-corrected chi connectivity index (χ0v) is 26.3. The topological polar surface area (TPSA) is 0 Å². The molecule has 0 saturated heterocycles. The van der Waals surface area contributed by atoms with Crippen molar-refractivity contribution in [1.29, 1.82) is 0 Å². The summed E-state index contributed by atoms with van der Waals surface area (Å²) in [6.07, 6.45) is 19.6. The molecule has 183 valence electrons. The Labute approximate surface area is 209 Å². The molecule has 2 rings (SSSR count). The first kappa shape index (κ1) is 28.7. The van der Waals surface area contributed by atoms with E-state index in [2.05, 4.69) is 78.9 Å². The van der Waals surface area contributed by atoms with E-state index in [1.807, 2.05) is 0 Å². The number of allylic oxidation sites excluding steroid dienone is 8. The quantitative estimate of drug-likeness (QED) is 0.207. The molecular weight excluding hydrogens is 483 g/mol. The summed E-state index contributed by atoms with van der Waals surface area (Å²) in [5.74, 6) is 1.32. The Bertz CT molecular complexity index is 712. The van der Waals surface area contributed by atoms with Gasteiger partial charge in [-0.2, -0.15) is 0 Å². The molecule has 0 bridgehead atoms. The molecule has 0 fully saturated rings. The van der Waals surface area contributed by atoms with Gasteiger partial charge in [-0.3, -0.25) is 0 Å². The van der Waals surface area contributed by atoms with E-state index in [4.69, 9.17) is 18.6 Å². The Morgan fingerprint density at radius 1 is 0.781 bits per heavy atom. The fraction of sp³-hybridized carbons (Fsp3) is 0.714. The first-order valence-electron chi connectivity index (χ1n) is 13.3. The molecule has 0 aliphatic heterocycles. The average Bonchev–Trinajstić information content (AvgIpc) is 3.28. The molecule has 0 saturated carbocycles. The van der Waals surface area contributed by atoms with Crippen LogP contribution in [0.1, 0.15) is 92.9 Å². The van der Waals surface area contributed by atoms with E-state index in [0.717, 1.165) is 25.7 Å². The van der Waals surface area contributed by atoms with Crippen LogP contribution in [-0.2, 0) is 12.4 Å². The monoisotopic (exact) mass is 531 g/mol. The van der Waals surface area contributed by atoms with Gasteiger partial charge in [0.05, 0.1) is 0 Å². The van der Waals surface area contributed by atoms with Crippen molar-refractivity contribution in [3.8, 4) is 0 Å². The summed E-state index contributed by atoms with van der Waals surface area (Å²) in [7, 11) is 16.3. The fourth-order valence-corrected chi connectivity index (χ4v) is 25.0. The maximum atomic E-state index is 8.14. The van der Waals surface area contributed by atoms with Crippen LogP contribution in [0.25, 0.3) is 0 Å². The molecule has 2 aliphatic rings. The summed E-state index contributed by atoms with van der Waals surface area (Å²) in [5.41, 5.74) is 6.11. The van der Waals surface area contributed by atoms with Crippen LogP contribution >= 0.6 is 18.6 Å². The molecule has 2 unspecified atom stereocenters. The van der Waals surface area contributed by atoms with Crippen LogP contribution < -0.4 is 0 Å². The van der Waals surface area contributed by atoms with Crippen molar-refractivity contribution in [1.82, 2.24) is 0 Å². The van der Waals surface area contributed by atoms with Crippen molar-refractivity contribution in [2.45, 2.75) is 114 Å². The van der Waals surface area contributed by atoms with Crippen LogP contribution in [-0.4, -0.2) is 6.66 Å². The molecule has 0 nitrogen and oxygen atoms in total. The summed E-state index contributed by atoms with van der Waals surface area (Å²) in [5, 5.41) is 0. The zero-order chi connectivity index (χ0) is 24.1. The molecule has 2 aliphatic carbocycles. The second-order valence-corrected chi connectivity index (χ2v) is 41.1. The third kappa shape index (κ3) is 6.37. The van der Waals surface area contributed by atoms with E-state index in [9.17, 15) is 0 Å². The molecule has 0 heterocycles. The number of rotatable bonds is 13. The van der Waals surface area contributed by atoms with Gasteiger partial charge in [0.25, 0.3) is 0 Å². The third-order valence-corrected chi connectivity index (χ3v) is 43.1. The van der Waals surface area contributed by atoms with Crippen LogP contribution in [0.5, 0.6) is 0 Å². The van der Waals surface area contributed by atoms with Crippen LogP contribution in [0.3, 0.4) is 0 Å². The van der Waals surface area contributed by atoms with E-state index in [1.165, 1.54) is 36.8 Å². The molecule has 0 aromatic carbocycles. The van der Waals surface area contributed by atoms with Gasteiger partial charge in [-0.05, 0) is 0 Å². The fourth-order valence-electron chi connectivity index (χ4n) is 5.75. The van der Waals surface area contributed by atoms with Crippen LogP contribution in [0, 0.1) is 11.8 Å². The van der Waals surface area contributed by atoms with Crippen LogP contribution in [0.15, 0.2) is 46.6 Å². The minimum absolute atomic E-state index is 0.312. The van der Waals surface area contributed by atoms with Crippen molar-refractivity contribution < 1.29 is 12.4 Å².